The Morgan fingerprint density at radius 2 is 2.04 bits per heavy atom. The average molecular weight is 484 g/mol. The summed E-state index contributed by atoms with van der Waals surface area (Å²) in [6.07, 6.45) is 2.21. The zero-order chi connectivity index (χ0) is 18.4. The van der Waals surface area contributed by atoms with Gasteiger partial charge in [-0.15, -0.1) is 24.0 Å². The van der Waals surface area contributed by atoms with Crippen molar-refractivity contribution in [1.29, 1.82) is 0 Å². The molecule has 1 fully saturated rings. The molecule has 1 unspecified atom stereocenters. The normalized spacial score (nSPS) is 17.5. The number of aliphatic imine (C=N–C) groups is 1. The van der Waals surface area contributed by atoms with E-state index < -0.39 is 29.0 Å². The molecule has 1 aromatic carbocycles. The number of hydrogen-bond donors (Lipinski definition) is 2. The van der Waals surface area contributed by atoms with Crippen LogP contribution in [0.3, 0.4) is 0 Å². The second kappa shape index (κ2) is 10.6. The number of amides is 1. The third-order valence-corrected chi connectivity index (χ3v) is 3.97. The SMILES string of the molecule is CCNC(=NCC(=O)Nc1ccc(F)c(F)c1F)N1CCCC(C)C1.I. The van der Waals surface area contributed by atoms with Crippen LogP contribution in [0.4, 0.5) is 18.9 Å². The van der Waals surface area contributed by atoms with Gasteiger partial charge in [0.05, 0.1) is 5.69 Å². The Balaban J connectivity index is 0.00000338. The van der Waals surface area contributed by atoms with Crippen LogP contribution in [0.25, 0.3) is 0 Å². The fraction of sp³-hybridized carbons (Fsp3) is 0.529. The van der Waals surface area contributed by atoms with E-state index in [9.17, 15) is 18.0 Å². The zero-order valence-electron chi connectivity index (χ0n) is 14.8. The molecule has 9 heteroatoms. The molecule has 146 valence electrons. The number of nitrogens with one attached hydrogen (secondary N) is 2. The van der Waals surface area contributed by atoms with Crippen molar-refractivity contribution in [2.75, 3.05) is 31.5 Å². The molecule has 26 heavy (non-hydrogen) atoms. The Morgan fingerprint density at radius 1 is 1.31 bits per heavy atom. The van der Waals surface area contributed by atoms with Crippen LogP contribution in [0.1, 0.15) is 26.7 Å². The van der Waals surface area contributed by atoms with E-state index in [-0.39, 0.29) is 30.5 Å². The molecular formula is C17H24F3IN4O. The molecular weight excluding hydrogens is 460 g/mol. The van der Waals surface area contributed by atoms with Crippen LogP contribution in [-0.2, 0) is 4.79 Å². The van der Waals surface area contributed by atoms with E-state index >= 15 is 0 Å². The van der Waals surface area contributed by atoms with Gasteiger partial charge in [0.1, 0.15) is 6.54 Å². The number of halogens is 4. The van der Waals surface area contributed by atoms with Gasteiger partial charge < -0.3 is 15.5 Å². The van der Waals surface area contributed by atoms with Gasteiger partial charge in [-0.2, -0.15) is 0 Å². The number of nitrogens with zero attached hydrogens (tertiary/aromatic N) is 2. The topological polar surface area (TPSA) is 56.7 Å². The van der Waals surface area contributed by atoms with Crippen LogP contribution in [0, 0.1) is 23.4 Å². The number of anilines is 1. The number of carbonyl (C=O) groups is 1. The predicted molar refractivity (Wildman–Crippen MR) is 106 cm³/mol. The van der Waals surface area contributed by atoms with Gasteiger partial charge >= 0.3 is 0 Å². The molecule has 1 aliphatic heterocycles. The molecule has 1 heterocycles. The first-order valence-corrected chi connectivity index (χ1v) is 8.39. The number of likely N-dealkylation sites (tertiary alicyclic amines) is 1. The molecule has 0 aliphatic carbocycles. The minimum atomic E-state index is -1.61. The maximum atomic E-state index is 13.6. The lowest BCUT2D eigenvalue weighted by Gasteiger charge is -2.33. The molecule has 1 saturated heterocycles. The Kier molecular flexibility index (Phi) is 9.17. The van der Waals surface area contributed by atoms with Gasteiger partial charge in [0.2, 0.25) is 5.91 Å². The molecule has 1 aromatic rings. The van der Waals surface area contributed by atoms with Crippen molar-refractivity contribution in [3.05, 3.63) is 29.6 Å². The third-order valence-electron chi connectivity index (χ3n) is 3.97. The number of hydrogen-bond acceptors (Lipinski definition) is 2. The lowest BCUT2D eigenvalue weighted by Crippen LogP contribution is -2.46. The van der Waals surface area contributed by atoms with E-state index in [1.54, 1.807) is 0 Å². The Labute approximate surface area is 168 Å². The minimum absolute atomic E-state index is 0. The highest BCUT2D eigenvalue weighted by Gasteiger charge is 2.20. The molecule has 0 saturated carbocycles. The van der Waals surface area contributed by atoms with E-state index in [0.717, 1.165) is 38.1 Å². The first kappa shape index (κ1) is 22.5. The molecule has 5 nitrogen and oxygen atoms in total. The van der Waals surface area contributed by atoms with Crippen molar-refractivity contribution < 1.29 is 18.0 Å². The van der Waals surface area contributed by atoms with Crippen molar-refractivity contribution in [2.24, 2.45) is 10.9 Å². The van der Waals surface area contributed by atoms with Crippen molar-refractivity contribution >= 4 is 41.5 Å². The smallest absolute Gasteiger partial charge is 0.246 e. The second-order valence-corrected chi connectivity index (χ2v) is 6.13. The first-order valence-electron chi connectivity index (χ1n) is 8.39. The predicted octanol–water partition coefficient (Wildman–Crippen LogP) is 3.36. The number of carbonyl (C=O) groups excluding carboxylic acids is 1. The third kappa shape index (κ3) is 6.03. The molecule has 0 bridgehead atoms. The lowest BCUT2D eigenvalue weighted by molar-refractivity contribution is -0.114. The van der Waals surface area contributed by atoms with Gasteiger partial charge in [-0.05, 0) is 37.8 Å². The fourth-order valence-electron chi connectivity index (χ4n) is 2.77. The molecule has 1 atom stereocenters. The van der Waals surface area contributed by atoms with Crippen molar-refractivity contribution in [3.8, 4) is 0 Å². The van der Waals surface area contributed by atoms with E-state index in [2.05, 4.69) is 27.4 Å². The summed E-state index contributed by atoms with van der Waals surface area (Å²) >= 11 is 0. The maximum absolute atomic E-state index is 13.6. The summed E-state index contributed by atoms with van der Waals surface area (Å²) in [6.45, 7) is 6.21. The number of piperidine rings is 1. The van der Waals surface area contributed by atoms with E-state index in [1.807, 2.05) is 6.92 Å². The first-order chi connectivity index (χ1) is 11.9. The lowest BCUT2D eigenvalue weighted by atomic mass is 10.0. The molecule has 1 aliphatic rings. The molecule has 0 spiro atoms. The van der Waals surface area contributed by atoms with E-state index in [1.165, 1.54) is 0 Å². The molecule has 0 radical (unpaired) electrons. The van der Waals surface area contributed by atoms with Crippen LogP contribution in [0.2, 0.25) is 0 Å². The number of benzene rings is 1. The number of guanidine groups is 1. The Hall–Kier alpha value is -1.52. The van der Waals surface area contributed by atoms with Gasteiger partial charge in [-0.3, -0.25) is 4.79 Å². The summed E-state index contributed by atoms with van der Waals surface area (Å²) in [5, 5.41) is 5.35. The quantitative estimate of drug-likeness (QED) is 0.299. The van der Waals surface area contributed by atoms with Gasteiger partial charge in [0.25, 0.3) is 0 Å². The molecule has 2 rings (SSSR count). The van der Waals surface area contributed by atoms with Crippen LogP contribution >= 0.6 is 24.0 Å². The van der Waals surface area contributed by atoms with Crippen LogP contribution in [0.15, 0.2) is 17.1 Å². The standard InChI is InChI=1S/C17H23F3N4O.HI/c1-3-21-17(24-8-4-5-11(2)10-24)22-9-14(25)23-13-7-6-12(18)15(19)16(13)20;/h6-7,11H,3-5,8-10H2,1-2H3,(H,21,22)(H,23,25);1H. The van der Waals surface area contributed by atoms with Crippen LogP contribution in [-0.4, -0.2) is 42.9 Å². The zero-order valence-corrected chi connectivity index (χ0v) is 17.1. The Bertz CT molecular complexity index is 657. The van der Waals surface area contributed by atoms with E-state index in [4.69, 9.17) is 0 Å². The fourth-order valence-corrected chi connectivity index (χ4v) is 2.77. The van der Waals surface area contributed by atoms with Crippen molar-refractivity contribution in [2.45, 2.75) is 26.7 Å². The highest BCUT2D eigenvalue weighted by molar-refractivity contribution is 14.0. The van der Waals surface area contributed by atoms with Crippen LogP contribution in [0.5, 0.6) is 0 Å². The van der Waals surface area contributed by atoms with Gasteiger partial charge in [-0.25, -0.2) is 18.2 Å². The highest BCUT2D eigenvalue weighted by Crippen LogP contribution is 2.19. The van der Waals surface area contributed by atoms with Crippen molar-refractivity contribution in [1.82, 2.24) is 10.2 Å². The minimum Gasteiger partial charge on any atom is -0.357 e. The van der Waals surface area contributed by atoms with Crippen molar-refractivity contribution in [3.63, 3.8) is 0 Å². The average Bonchev–Trinajstić information content (AvgIpc) is 2.59. The summed E-state index contributed by atoms with van der Waals surface area (Å²) in [6, 6.07) is 1.74. The summed E-state index contributed by atoms with van der Waals surface area (Å²) in [7, 11) is 0. The monoisotopic (exact) mass is 484 g/mol. The molecule has 1 amide bonds. The van der Waals surface area contributed by atoms with Gasteiger partial charge in [0, 0.05) is 19.6 Å². The van der Waals surface area contributed by atoms with Gasteiger partial charge in [-0.1, -0.05) is 6.92 Å². The molecule has 2 N–H and O–H groups in total. The van der Waals surface area contributed by atoms with Gasteiger partial charge in [0.15, 0.2) is 23.4 Å². The van der Waals surface area contributed by atoms with E-state index in [0.29, 0.717) is 18.4 Å². The van der Waals surface area contributed by atoms with Crippen LogP contribution < -0.4 is 10.6 Å². The Morgan fingerprint density at radius 3 is 2.69 bits per heavy atom. The second-order valence-electron chi connectivity index (χ2n) is 6.13. The molecule has 0 aromatic heterocycles. The summed E-state index contributed by atoms with van der Waals surface area (Å²) in [5.74, 6) is -3.78. The number of rotatable bonds is 4. The largest absolute Gasteiger partial charge is 0.357 e. The highest BCUT2D eigenvalue weighted by atomic mass is 127. The maximum Gasteiger partial charge on any atom is 0.246 e. The summed E-state index contributed by atoms with van der Waals surface area (Å²) < 4.78 is 39.7. The summed E-state index contributed by atoms with van der Waals surface area (Å²) in [5.41, 5.74) is -0.407. The summed E-state index contributed by atoms with van der Waals surface area (Å²) in [4.78, 5) is 18.3.